The molecule has 0 spiro atoms. The van der Waals surface area contributed by atoms with Crippen LogP contribution in [0.5, 0.6) is 0 Å². The SMILES string of the molecule is CC(C)(ON=C(C(=O)NC1C(=O)N2C(C(=O)[O-])=C(C[n+]3ccc4ccoc4c3)CS[C@@H]12)c1coc(N)n1)C(=O)O. The van der Waals surface area contributed by atoms with Crippen LogP contribution >= 0.6 is 11.8 Å². The number of anilines is 1. The zero-order valence-corrected chi connectivity index (χ0v) is 21.8. The number of carbonyl (C=O) groups is 4. The molecule has 1 unspecified atom stereocenters. The predicted molar refractivity (Wildman–Crippen MR) is 134 cm³/mol. The van der Waals surface area contributed by atoms with Gasteiger partial charge in [0.05, 0.1) is 17.9 Å². The molecule has 1 fully saturated rings. The number of carboxylic acid groups (broad SMARTS) is 2. The molecule has 15 nitrogen and oxygen atoms in total. The number of oxime groups is 1. The topological polar surface area (TPSA) is 217 Å². The molecule has 3 aromatic rings. The Morgan fingerprint density at radius 1 is 1.38 bits per heavy atom. The monoisotopic (exact) mass is 570 g/mol. The summed E-state index contributed by atoms with van der Waals surface area (Å²) in [5, 5.41) is 27.7. The van der Waals surface area contributed by atoms with Gasteiger partial charge in [-0.1, -0.05) is 5.16 Å². The van der Waals surface area contributed by atoms with Gasteiger partial charge in [0, 0.05) is 22.8 Å². The second-order valence-corrected chi connectivity index (χ2v) is 10.5. The van der Waals surface area contributed by atoms with Gasteiger partial charge < -0.3 is 39.7 Å². The van der Waals surface area contributed by atoms with Gasteiger partial charge in [-0.2, -0.15) is 9.55 Å². The van der Waals surface area contributed by atoms with Crippen LogP contribution < -0.4 is 20.7 Å². The van der Waals surface area contributed by atoms with Crippen molar-refractivity contribution in [3.63, 3.8) is 0 Å². The molecule has 208 valence electrons. The Kier molecular flexibility index (Phi) is 6.70. The number of oxazole rings is 1. The first-order valence-corrected chi connectivity index (χ1v) is 12.8. The normalized spacial score (nSPS) is 19.3. The van der Waals surface area contributed by atoms with Gasteiger partial charge in [-0.25, -0.2) is 4.79 Å². The summed E-state index contributed by atoms with van der Waals surface area (Å²) in [6, 6.07) is 2.21. The Morgan fingerprint density at radius 2 is 2.15 bits per heavy atom. The minimum absolute atomic E-state index is 0.167. The Morgan fingerprint density at radius 3 is 2.83 bits per heavy atom. The first kappa shape index (κ1) is 26.7. The van der Waals surface area contributed by atoms with E-state index in [2.05, 4.69) is 15.5 Å². The molecule has 2 atom stereocenters. The summed E-state index contributed by atoms with van der Waals surface area (Å²) in [5.74, 6) is -4.26. The minimum Gasteiger partial charge on any atom is -0.543 e. The third-order valence-corrected chi connectivity index (χ3v) is 7.56. The lowest BCUT2D eigenvalue weighted by Crippen LogP contribution is -2.71. The van der Waals surface area contributed by atoms with Gasteiger partial charge in [0.2, 0.25) is 11.8 Å². The highest BCUT2D eigenvalue weighted by molar-refractivity contribution is 8.00. The Balaban J connectivity index is 1.36. The molecular formula is C24H22N6O9S. The summed E-state index contributed by atoms with van der Waals surface area (Å²) in [4.78, 5) is 59.7. The molecular weight excluding hydrogens is 548 g/mol. The minimum atomic E-state index is -1.80. The van der Waals surface area contributed by atoms with Crippen molar-refractivity contribution in [3.05, 3.63) is 54.0 Å². The predicted octanol–water partition coefficient (Wildman–Crippen LogP) is -1.02. The van der Waals surface area contributed by atoms with E-state index in [4.69, 9.17) is 19.4 Å². The van der Waals surface area contributed by atoms with Crippen LogP contribution in [-0.2, 0) is 30.6 Å². The maximum atomic E-state index is 13.1. The largest absolute Gasteiger partial charge is 0.543 e. The second kappa shape index (κ2) is 10.0. The number of thioether (sulfide) groups is 1. The van der Waals surface area contributed by atoms with Crippen LogP contribution in [0.15, 0.2) is 62.3 Å². The molecule has 1 saturated heterocycles. The molecule has 3 aromatic heterocycles. The van der Waals surface area contributed by atoms with E-state index in [1.165, 1.54) is 25.6 Å². The number of fused-ring (bicyclic) bond motifs is 2. The average Bonchev–Trinajstić information content (AvgIpc) is 3.55. The lowest BCUT2D eigenvalue weighted by molar-refractivity contribution is -0.688. The fraction of sp³-hybridized carbons (Fsp3) is 0.292. The van der Waals surface area contributed by atoms with Gasteiger partial charge in [-0.05, 0) is 19.9 Å². The number of hydrogen-bond acceptors (Lipinski definition) is 12. The van der Waals surface area contributed by atoms with Crippen molar-refractivity contribution in [2.24, 2.45) is 5.16 Å². The van der Waals surface area contributed by atoms with Gasteiger partial charge in [0.25, 0.3) is 17.8 Å². The second-order valence-electron chi connectivity index (χ2n) is 9.38. The number of nitrogens with zero attached hydrogens (tertiary/aromatic N) is 4. The summed E-state index contributed by atoms with van der Waals surface area (Å²) in [6.45, 7) is 2.60. The van der Waals surface area contributed by atoms with E-state index >= 15 is 0 Å². The van der Waals surface area contributed by atoms with Crippen LogP contribution in [0.1, 0.15) is 19.5 Å². The van der Waals surface area contributed by atoms with Gasteiger partial charge in [0.1, 0.15) is 23.4 Å². The molecule has 16 heteroatoms. The Labute approximate surface area is 229 Å². The van der Waals surface area contributed by atoms with Crippen molar-refractivity contribution < 1.29 is 47.6 Å². The van der Waals surface area contributed by atoms with Gasteiger partial charge in [0.15, 0.2) is 24.0 Å². The van der Waals surface area contributed by atoms with Gasteiger partial charge >= 0.3 is 5.97 Å². The van der Waals surface area contributed by atoms with Gasteiger partial charge in [-0.15, -0.1) is 11.8 Å². The number of hydrogen-bond donors (Lipinski definition) is 3. The molecule has 0 bridgehead atoms. The third kappa shape index (κ3) is 4.84. The molecule has 0 saturated carbocycles. The maximum absolute atomic E-state index is 13.1. The van der Waals surface area contributed by atoms with Crippen molar-refractivity contribution in [2.75, 3.05) is 11.5 Å². The molecule has 0 aromatic carbocycles. The maximum Gasteiger partial charge on any atom is 0.350 e. The molecule has 0 radical (unpaired) electrons. The van der Waals surface area contributed by atoms with E-state index in [9.17, 15) is 29.4 Å². The average molecular weight is 571 g/mol. The number of β-lactam (4-membered cyclic amide) rings is 1. The highest BCUT2D eigenvalue weighted by Gasteiger charge is 2.53. The number of pyridine rings is 1. The van der Waals surface area contributed by atoms with E-state index in [1.807, 2.05) is 6.07 Å². The zero-order chi connectivity index (χ0) is 28.8. The fourth-order valence-corrected chi connectivity index (χ4v) is 5.40. The number of rotatable bonds is 9. The molecule has 0 aliphatic carbocycles. The number of carbonyl (C=O) groups excluding carboxylic acids is 3. The van der Waals surface area contributed by atoms with Crippen LogP contribution in [0.4, 0.5) is 6.01 Å². The number of nitrogens with two attached hydrogens (primary N) is 1. The van der Waals surface area contributed by atoms with Crippen molar-refractivity contribution in [2.45, 2.75) is 37.4 Å². The number of nitrogen functional groups attached to an aromatic ring is 1. The lowest BCUT2D eigenvalue weighted by atomic mass is 10.0. The van der Waals surface area contributed by atoms with Crippen molar-refractivity contribution >= 4 is 58.2 Å². The lowest BCUT2D eigenvalue weighted by Gasteiger charge is -2.50. The molecule has 4 N–H and O–H groups in total. The van der Waals surface area contributed by atoms with Crippen LogP contribution in [0.25, 0.3) is 11.0 Å². The molecule has 2 aliphatic rings. The first-order chi connectivity index (χ1) is 19.0. The highest BCUT2D eigenvalue weighted by atomic mass is 32.2. The molecule has 2 aliphatic heterocycles. The Bertz CT molecular complexity index is 1610. The van der Waals surface area contributed by atoms with E-state index in [1.54, 1.807) is 29.3 Å². The third-order valence-electron chi connectivity index (χ3n) is 6.22. The molecule has 40 heavy (non-hydrogen) atoms. The fourth-order valence-electron chi connectivity index (χ4n) is 4.06. The van der Waals surface area contributed by atoms with Crippen LogP contribution in [0, 0.1) is 0 Å². The smallest absolute Gasteiger partial charge is 0.350 e. The first-order valence-electron chi connectivity index (χ1n) is 11.7. The summed E-state index contributed by atoms with van der Waals surface area (Å²) >= 11 is 1.26. The number of carboxylic acids is 2. The van der Waals surface area contributed by atoms with Crippen LogP contribution in [-0.4, -0.2) is 67.2 Å². The summed E-state index contributed by atoms with van der Waals surface area (Å²) < 4.78 is 12.1. The van der Waals surface area contributed by atoms with Crippen LogP contribution in [0.2, 0.25) is 0 Å². The van der Waals surface area contributed by atoms with Crippen molar-refractivity contribution in [3.8, 4) is 0 Å². The summed E-state index contributed by atoms with van der Waals surface area (Å²) in [7, 11) is 0. The summed E-state index contributed by atoms with van der Waals surface area (Å²) in [5.41, 5.74) is 3.82. The summed E-state index contributed by atoms with van der Waals surface area (Å²) in [6.07, 6.45) is 6.04. The van der Waals surface area contributed by atoms with E-state index < -0.39 is 46.5 Å². The molecule has 5 heterocycles. The Hall–Kier alpha value is -4.86. The number of aromatic nitrogens is 2. The highest BCUT2D eigenvalue weighted by Crippen LogP contribution is 2.40. The van der Waals surface area contributed by atoms with E-state index in [-0.39, 0.29) is 29.7 Å². The molecule has 2 amide bonds. The number of nitrogens with one attached hydrogen (secondary N) is 1. The van der Waals surface area contributed by atoms with Crippen molar-refractivity contribution in [1.82, 2.24) is 15.2 Å². The zero-order valence-electron chi connectivity index (χ0n) is 21.0. The van der Waals surface area contributed by atoms with Crippen molar-refractivity contribution in [1.29, 1.82) is 0 Å². The van der Waals surface area contributed by atoms with E-state index in [0.717, 1.165) is 16.5 Å². The van der Waals surface area contributed by atoms with E-state index in [0.29, 0.717) is 11.2 Å². The number of amides is 2. The van der Waals surface area contributed by atoms with Crippen LogP contribution in [0.3, 0.4) is 0 Å². The quantitative estimate of drug-likeness (QED) is 0.122. The van der Waals surface area contributed by atoms with Gasteiger partial charge in [-0.3, -0.25) is 14.5 Å². The molecule has 5 rings (SSSR count). The standard InChI is InChI=1S/C24H22N6O9S/c1-24(2,22(35)36)39-28-15(13-9-38-23(25)26-13)18(31)27-16-19(32)30-17(21(33)34)12(10-40-20(16)30)7-29-5-3-11-4-6-37-14(11)8-29/h3-6,8-9,16,20H,7,10H2,1-2H3,(H4-,25,26,27,31,33,34,35,36)/t16?,20-/m0/s1. The number of aliphatic carboxylic acids is 2. The number of furan rings is 1.